The molecule has 0 radical (unpaired) electrons. The Morgan fingerprint density at radius 1 is 0.920 bits per heavy atom. The first-order valence-electron chi connectivity index (χ1n) is 7.85. The molecule has 1 saturated heterocycles. The molecule has 132 valence electrons. The molecule has 2 aromatic rings. The maximum Gasteiger partial charge on any atom is 0.416 e. The van der Waals surface area contributed by atoms with E-state index in [2.05, 4.69) is 4.90 Å². The van der Waals surface area contributed by atoms with Crippen molar-refractivity contribution in [1.29, 1.82) is 0 Å². The van der Waals surface area contributed by atoms with E-state index in [1.807, 2.05) is 12.1 Å². The minimum atomic E-state index is -4.36. The topological polar surface area (TPSA) is 43.8 Å². The molecule has 0 aromatic heterocycles. The van der Waals surface area contributed by atoms with Crippen molar-refractivity contribution in [3.8, 4) is 11.1 Å². The minimum absolute atomic E-state index is 0.435. The highest BCUT2D eigenvalue weighted by atomic mass is 19.4. The molecule has 0 bridgehead atoms. The Kier molecular flexibility index (Phi) is 4.57. The summed E-state index contributed by atoms with van der Waals surface area (Å²) in [6, 6.07) is 12.5. The van der Waals surface area contributed by atoms with Crippen LogP contribution in [0.5, 0.6) is 0 Å². The molecule has 3 rings (SSSR count). The Labute approximate surface area is 143 Å². The van der Waals surface area contributed by atoms with Gasteiger partial charge in [0.25, 0.3) is 0 Å². The van der Waals surface area contributed by atoms with Gasteiger partial charge in [-0.1, -0.05) is 24.3 Å². The summed E-state index contributed by atoms with van der Waals surface area (Å²) >= 11 is 0. The van der Waals surface area contributed by atoms with E-state index in [1.165, 1.54) is 11.0 Å². The number of piperazine rings is 1. The summed E-state index contributed by atoms with van der Waals surface area (Å²) in [5, 5.41) is 8.96. The molecule has 0 aliphatic carbocycles. The van der Waals surface area contributed by atoms with E-state index in [9.17, 15) is 18.0 Å². The molecule has 0 atom stereocenters. The van der Waals surface area contributed by atoms with E-state index >= 15 is 0 Å². The standard InChI is InChI=1S/C18H17F3N2O2/c19-18(20,21)15-3-1-2-14(12-15)13-4-6-16(7-5-13)22-8-10-23(11-9-22)17(24)25/h1-7,12H,8-11H2,(H,24,25). The lowest BCUT2D eigenvalue weighted by atomic mass is 10.0. The lowest BCUT2D eigenvalue weighted by molar-refractivity contribution is -0.137. The van der Waals surface area contributed by atoms with Gasteiger partial charge in [-0.3, -0.25) is 0 Å². The number of nitrogens with zero attached hydrogens (tertiary/aromatic N) is 2. The number of benzene rings is 2. The number of carboxylic acid groups (broad SMARTS) is 1. The molecule has 1 N–H and O–H groups in total. The Bertz CT molecular complexity index is 752. The van der Waals surface area contributed by atoms with Crippen LogP contribution in [-0.4, -0.2) is 42.3 Å². The van der Waals surface area contributed by atoms with Gasteiger partial charge in [-0.25, -0.2) is 4.79 Å². The predicted molar refractivity (Wildman–Crippen MR) is 88.7 cm³/mol. The molecular weight excluding hydrogens is 333 g/mol. The zero-order valence-corrected chi connectivity index (χ0v) is 13.3. The van der Waals surface area contributed by atoms with E-state index in [0.717, 1.165) is 17.8 Å². The summed E-state index contributed by atoms with van der Waals surface area (Å²) in [4.78, 5) is 14.4. The zero-order chi connectivity index (χ0) is 18.0. The minimum Gasteiger partial charge on any atom is -0.465 e. The summed E-state index contributed by atoms with van der Waals surface area (Å²) in [6.07, 6.45) is -5.28. The number of alkyl halides is 3. The molecule has 0 spiro atoms. The largest absolute Gasteiger partial charge is 0.465 e. The molecule has 1 amide bonds. The molecule has 1 aliphatic heterocycles. The lowest BCUT2D eigenvalue weighted by Crippen LogP contribution is -2.48. The van der Waals surface area contributed by atoms with Gasteiger partial charge in [-0.05, 0) is 35.4 Å². The molecule has 7 heteroatoms. The fourth-order valence-corrected chi connectivity index (χ4v) is 2.90. The van der Waals surface area contributed by atoms with Crippen molar-refractivity contribution < 1.29 is 23.1 Å². The third kappa shape index (κ3) is 3.87. The second kappa shape index (κ2) is 6.66. The third-order valence-corrected chi connectivity index (χ3v) is 4.31. The quantitative estimate of drug-likeness (QED) is 0.884. The monoisotopic (exact) mass is 350 g/mol. The second-order valence-corrected chi connectivity index (χ2v) is 5.88. The van der Waals surface area contributed by atoms with Gasteiger partial charge in [-0.2, -0.15) is 13.2 Å². The smallest absolute Gasteiger partial charge is 0.416 e. The van der Waals surface area contributed by atoms with Gasteiger partial charge in [0.2, 0.25) is 0 Å². The van der Waals surface area contributed by atoms with Crippen LogP contribution in [0, 0.1) is 0 Å². The lowest BCUT2D eigenvalue weighted by Gasteiger charge is -2.34. The van der Waals surface area contributed by atoms with Crippen molar-refractivity contribution in [3.63, 3.8) is 0 Å². The van der Waals surface area contributed by atoms with Crippen LogP contribution >= 0.6 is 0 Å². The van der Waals surface area contributed by atoms with Crippen molar-refractivity contribution >= 4 is 11.8 Å². The van der Waals surface area contributed by atoms with Crippen molar-refractivity contribution in [2.24, 2.45) is 0 Å². The van der Waals surface area contributed by atoms with Crippen LogP contribution in [0.2, 0.25) is 0 Å². The number of hydrogen-bond acceptors (Lipinski definition) is 2. The highest BCUT2D eigenvalue weighted by Gasteiger charge is 2.30. The molecule has 0 saturated carbocycles. The number of anilines is 1. The Morgan fingerprint density at radius 2 is 1.56 bits per heavy atom. The number of halogens is 3. The van der Waals surface area contributed by atoms with Crippen LogP contribution in [0.1, 0.15) is 5.56 Å². The number of carbonyl (C=O) groups is 1. The summed E-state index contributed by atoms with van der Waals surface area (Å²) in [7, 11) is 0. The van der Waals surface area contributed by atoms with E-state index in [4.69, 9.17) is 5.11 Å². The van der Waals surface area contributed by atoms with E-state index in [-0.39, 0.29) is 0 Å². The summed E-state index contributed by atoms with van der Waals surface area (Å²) in [6.45, 7) is 2.06. The molecule has 25 heavy (non-hydrogen) atoms. The van der Waals surface area contributed by atoms with Gasteiger partial charge in [0.1, 0.15) is 0 Å². The van der Waals surface area contributed by atoms with Gasteiger partial charge >= 0.3 is 12.3 Å². The van der Waals surface area contributed by atoms with Crippen molar-refractivity contribution in [3.05, 3.63) is 54.1 Å². The predicted octanol–water partition coefficient (Wildman–Crippen LogP) is 4.17. The van der Waals surface area contributed by atoms with Crippen LogP contribution in [0.25, 0.3) is 11.1 Å². The molecule has 1 fully saturated rings. The fraction of sp³-hybridized carbons (Fsp3) is 0.278. The number of amides is 1. The first kappa shape index (κ1) is 17.1. The summed E-state index contributed by atoms with van der Waals surface area (Å²) < 4.78 is 38.5. The van der Waals surface area contributed by atoms with Crippen LogP contribution in [0.3, 0.4) is 0 Å². The van der Waals surface area contributed by atoms with Gasteiger partial charge in [0.05, 0.1) is 5.56 Å². The molecule has 0 unspecified atom stereocenters. The van der Waals surface area contributed by atoms with Crippen molar-refractivity contribution in [1.82, 2.24) is 4.90 Å². The first-order chi connectivity index (χ1) is 11.8. The maximum absolute atomic E-state index is 12.8. The molecular formula is C18H17F3N2O2. The number of rotatable bonds is 2. The van der Waals surface area contributed by atoms with Crippen LogP contribution in [0.4, 0.5) is 23.7 Å². The summed E-state index contributed by atoms with van der Waals surface area (Å²) in [5.74, 6) is 0. The normalized spacial score (nSPS) is 15.3. The Morgan fingerprint density at radius 3 is 2.12 bits per heavy atom. The van der Waals surface area contributed by atoms with Crippen LogP contribution in [0.15, 0.2) is 48.5 Å². The first-order valence-corrected chi connectivity index (χ1v) is 7.85. The van der Waals surface area contributed by atoms with Gasteiger partial charge < -0.3 is 14.9 Å². The molecule has 1 aliphatic rings. The highest BCUT2D eigenvalue weighted by Crippen LogP contribution is 2.32. The van der Waals surface area contributed by atoms with Gasteiger partial charge in [-0.15, -0.1) is 0 Å². The van der Waals surface area contributed by atoms with Gasteiger partial charge in [0.15, 0.2) is 0 Å². The average molecular weight is 350 g/mol. The van der Waals surface area contributed by atoms with E-state index < -0.39 is 17.8 Å². The molecule has 1 heterocycles. The zero-order valence-electron chi connectivity index (χ0n) is 13.3. The van der Waals surface area contributed by atoms with Gasteiger partial charge in [0, 0.05) is 31.9 Å². The molecule has 2 aromatic carbocycles. The molecule has 4 nitrogen and oxygen atoms in total. The number of hydrogen-bond donors (Lipinski definition) is 1. The van der Waals surface area contributed by atoms with E-state index in [1.54, 1.807) is 18.2 Å². The highest BCUT2D eigenvalue weighted by molar-refractivity contribution is 5.68. The van der Waals surface area contributed by atoms with E-state index in [0.29, 0.717) is 37.3 Å². The maximum atomic E-state index is 12.8. The average Bonchev–Trinajstić information content (AvgIpc) is 2.61. The Hall–Kier alpha value is -2.70. The Balaban J connectivity index is 1.74. The van der Waals surface area contributed by atoms with Crippen molar-refractivity contribution in [2.45, 2.75) is 6.18 Å². The third-order valence-electron chi connectivity index (χ3n) is 4.31. The fourth-order valence-electron chi connectivity index (χ4n) is 2.90. The second-order valence-electron chi connectivity index (χ2n) is 5.88. The van der Waals surface area contributed by atoms with Crippen molar-refractivity contribution in [2.75, 3.05) is 31.1 Å². The summed E-state index contributed by atoms with van der Waals surface area (Å²) in [5.41, 5.74) is 1.48. The SMILES string of the molecule is O=C(O)N1CCN(c2ccc(-c3cccc(C(F)(F)F)c3)cc2)CC1. The van der Waals surface area contributed by atoms with Crippen LogP contribution in [-0.2, 0) is 6.18 Å². The van der Waals surface area contributed by atoms with Crippen LogP contribution < -0.4 is 4.90 Å².